The molecule has 0 unspecified atom stereocenters. The molecule has 0 aliphatic heterocycles. The van der Waals surface area contributed by atoms with Crippen LogP contribution in [0, 0.1) is 6.92 Å². The molecule has 0 fully saturated rings. The Hall–Kier alpha value is -3.43. The average molecular weight is 422 g/mol. The van der Waals surface area contributed by atoms with Crippen molar-refractivity contribution in [2.24, 2.45) is 0 Å². The molecule has 0 bridgehead atoms. The van der Waals surface area contributed by atoms with Gasteiger partial charge in [0.2, 0.25) is 0 Å². The van der Waals surface area contributed by atoms with Gasteiger partial charge in [-0.15, -0.1) is 0 Å². The van der Waals surface area contributed by atoms with Crippen LogP contribution in [0.5, 0.6) is 0 Å². The Balaban J connectivity index is 1.75. The Kier molecular flexibility index (Phi) is 4.18. The van der Waals surface area contributed by atoms with E-state index in [1.54, 1.807) is 0 Å². The first-order valence-electron chi connectivity index (χ1n) is 10.5. The van der Waals surface area contributed by atoms with Crippen LogP contribution in [-0.2, 0) is 12.8 Å². The second-order valence-corrected chi connectivity index (χ2v) is 8.44. The minimum atomic E-state index is 0.712. The number of pyridine rings is 1. The maximum absolute atomic E-state index is 6.13. The molecule has 3 aromatic carbocycles. The minimum Gasteiger partial charge on any atom is -0.232 e. The number of benzene rings is 3. The molecule has 31 heavy (non-hydrogen) atoms. The van der Waals surface area contributed by atoms with E-state index < -0.39 is 0 Å². The highest BCUT2D eigenvalue weighted by molar-refractivity contribution is 6.30. The van der Waals surface area contributed by atoms with Gasteiger partial charge < -0.3 is 0 Å². The van der Waals surface area contributed by atoms with Crippen LogP contribution in [0.2, 0.25) is 5.02 Å². The Morgan fingerprint density at radius 3 is 2.35 bits per heavy atom. The number of aryl methyl sites for hydroxylation is 3. The summed E-state index contributed by atoms with van der Waals surface area (Å²) in [6.45, 7) is 2.07. The van der Waals surface area contributed by atoms with Crippen molar-refractivity contribution >= 4 is 22.6 Å². The molecule has 4 heteroatoms. The summed E-state index contributed by atoms with van der Waals surface area (Å²) in [5.41, 5.74) is 10.3. The first-order chi connectivity index (χ1) is 15.2. The lowest BCUT2D eigenvalue weighted by Gasteiger charge is -2.23. The molecule has 5 aromatic rings. The second-order valence-electron chi connectivity index (χ2n) is 8.00. The number of rotatable bonds is 2. The largest absolute Gasteiger partial charge is 0.232 e. The maximum Gasteiger partial charge on any atom is 0.164 e. The van der Waals surface area contributed by atoms with Gasteiger partial charge in [0.25, 0.3) is 0 Å². The third-order valence-corrected chi connectivity index (χ3v) is 6.37. The Morgan fingerprint density at radius 1 is 0.806 bits per heavy atom. The smallest absolute Gasteiger partial charge is 0.164 e. The van der Waals surface area contributed by atoms with Crippen LogP contribution >= 0.6 is 11.6 Å². The van der Waals surface area contributed by atoms with Gasteiger partial charge in [-0.05, 0) is 60.7 Å². The molecule has 150 valence electrons. The predicted octanol–water partition coefficient (Wildman–Crippen LogP) is 6.81. The lowest BCUT2D eigenvalue weighted by molar-refractivity contribution is 0.859. The van der Waals surface area contributed by atoms with Crippen molar-refractivity contribution in [1.29, 1.82) is 0 Å². The van der Waals surface area contributed by atoms with E-state index in [9.17, 15) is 0 Å². The molecular weight excluding hydrogens is 402 g/mol. The van der Waals surface area contributed by atoms with E-state index in [1.807, 2.05) is 28.9 Å². The molecule has 2 aromatic heterocycles. The molecular formula is C27H20ClN3. The van der Waals surface area contributed by atoms with Gasteiger partial charge in [-0.2, -0.15) is 5.10 Å². The first-order valence-corrected chi connectivity index (χ1v) is 10.9. The number of hydrogen-bond acceptors (Lipinski definition) is 2. The molecule has 1 aliphatic carbocycles. The third-order valence-electron chi connectivity index (χ3n) is 6.12. The van der Waals surface area contributed by atoms with Crippen LogP contribution in [0.4, 0.5) is 0 Å². The topological polar surface area (TPSA) is 30.7 Å². The lowest BCUT2D eigenvalue weighted by atomic mass is 9.83. The van der Waals surface area contributed by atoms with Crippen LogP contribution in [0.15, 0.2) is 78.9 Å². The van der Waals surface area contributed by atoms with Crippen molar-refractivity contribution in [2.75, 3.05) is 0 Å². The van der Waals surface area contributed by atoms with Crippen LogP contribution in [0.25, 0.3) is 39.0 Å². The van der Waals surface area contributed by atoms with E-state index in [2.05, 4.69) is 61.5 Å². The summed E-state index contributed by atoms with van der Waals surface area (Å²) in [5.74, 6) is 0. The van der Waals surface area contributed by atoms with E-state index in [0.29, 0.717) is 5.02 Å². The van der Waals surface area contributed by atoms with Gasteiger partial charge in [0, 0.05) is 16.1 Å². The normalized spacial score (nSPS) is 12.6. The summed E-state index contributed by atoms with van der Waals surface area (Å²) in [6.07, 6.45) is 1.93. The second kappa shape index (κ2) is 7.07. The highest BCUT2D eigenvalue weighted by Gasteiger charge is 2.26. The van der Waals surface area contributed by atoms with Crippen molar-refractivity contribution in [3.8, 4) is 27.9 Å². The molecule has 0 spiro atoms. The zero-order valence-corrected chi connectivity index (χ0v) is 17.9. The average Bonchev–Trinajstić information content (AvgIpc) is 3.14. The fraction of sp³-hybridized carbons (Fsp3) is 0.111. The highest BCUT2D eigenvalue weighted by Crippen LogP contribution is 2.44. The minimum absolute atomic E-state index is 0.712. The number of halogens is 1. The van der Waals surface area contributed by atoms with Crippen molar-refractivity contribution in [1.82, 2.24) is 14.8 Å². The first kappa shape index (κ1) is 18.3. The van der Waals surface area contributed by atoms with Crippen LogP contribution in [-0.4, -0.2) is 14.8 Å². The lowest BCUT2D eigenvalue weighted by Crippen LogP contribution is -2.09. The summed E-state index contributed by atoms with van der Waals surface area (Å²) < 4.78 is 1.95. The Labute approximate surface area is 186 Å². The molecule has 6 rings (SSSR count). The monoisotopic (exact) mass is 421 g/mol. The van der Waals surface area contributed by atoms with E-state index in [-0.39, 0.29) is 0 Å². The van der Waals surface area contributed by atoms with E-state index in [1.165, 1.54) is 27.8 Å². The van der Waals surface area contributed by atoms with Crippen molar-refractivity contribution in [3.63, 3.8) is 0 Å². The van der Waals surface area contributed by atoms with Gasteiger partial charge in [0.15, 0.2) is 5.65 Å². The fourth-order valence-electron chi connectivity index (χ4n) is 4.73. The van der Waals surface area contributed by atoms with Gasteiger partial charge in [-0.3, -0.25) is 0 Å². The quantitative estimate of drug-likeness (QED) is 0.313. The van der Waals surface area contributed by atoms with Gasteiger partial charge >= 0.3 is 0 Å². The molecule has 0 saturated heterocycles. The van der Waals surface area contributed by atoms with Crippen LogP contribution < -0.4 is 0 Å². The number of hydrogen-bond donors (Lipinski definition) is 0. The third kappa shape index (κ3) is 2.88. The summed E-state index contributed by atoms with van der Waals surface area (Å²) >= 11 is 6.13. The molecule has 0 amide bonds. The van der Waals surface area contributed by atoms with Crippen molar-refractivity contribution in [3.05, 3.63) is 101 Å². The predicted molar refractivity (Wildman–Crippen MR) is 127 cm³/mol. The van der Waals surface area contributed by atoms with E-state index >= 15 is 0 Å². The van der Waals surface area contributed by atoms with Gasteiger partial charge in [-0.1, -0.05) is 66.2 Å². The standard InChI is InChI=1S/C27H20ClN3/c1-17-24-25(19-8-3-2-4-9-19)26-22-10-6-5-7-18(22)11-16-23(26)29-27(24)31(30-17)21-14-12-20(28)13-15-21/h2-10,12-15H,11,16H2,1H3. The zero-order chi connectivity index (χ0) is 20.9. The number of fused-ring (bicyclic) bond motifs is 4. The van der Waals surface area contributed by atoms with E-state index in [0.717, 1.165) is 41.0 Å². The van der Waals surface area contributed by atoms with Crippen molar-refractivity contribution in [2.45, 2.75) is 19.8 Å². The highest BCUT2D eigenvalue weighted by atomic mass is 35.5. The van der Waals surface area contributed by atoms with Crippen LogP contribution in [0.3, 0.4) is 0 Å². The maximum atomic E-state index is 6.13. The van der Waals surface area contributed by atoms with Crippen LogP contribution in [0.1, 0.15) is 17.0 Å². The van der Waals surface area contributed by atoms with Gasteiger partial charge in [0.05, 0.1) is 22.5 Å². The number of aromatic nitrogens is 3. The number of nitrogens with zero attached hydrogens (tertiary/aromatic N) is 3. The SMILES string of the molecule is Cc1nn(-c2ccc(Cl)cc2)c2nc3c(c(-c4ccccc4)c12)-c1ccccc1CC3. The fourth-order valence-corrected chi connectivity index (χ4v) is 4.85. The Morgan fingerprint density at radius 2 is 1.55 bits per heavy atom. The molecule has 2 heterocycles. The zero-order valence-electron chi connectivity index (χ0n) is 17.1. The summed E-state index contributed by atoms with van der Waals surface area (Å²) in [6, 6.07) is 27.1. The molecule has 1 aliphatic rings. The summed E-state index contributed by atoms with van der Waals surface area (Å²) in [4.78, 5) is 5.19. The van der Waals surface area contributed by atoms with E-state index in [4.69, 9.17) is 21.7 Å². The molecule has 0 radical (unpaired) electrons. The van der Waals surface area contributed by atoms with Gasteiger partial charge in [-0.25, -0.2) is 9.67 Å². The molecule has 0 saturated carbocycles. The molecule has 0 atom stereocenters. The molecule has 0 N–H and O–H groups in total. The summed E-state index contributed by atoms with van der Waals surface area (Å²) in [5, 5.41) is 6.73. The summed E-state index contributed by atoms with van der Waals surface area (Å²) in [7, 11) is 0. The van der Waals surface area contributed by atoms with Gasteiger partial charge in [0.1, 0.15) is 0 Å². The molecule has 3 nitrogen and oxygen atoms in total. The van der Waals surface area contributed by atoms with Crippen molar-refractivity contribution < 1.29 is 0 Å². The Bertz CT molecular complexity index is 1430.